The number of hydrogen-bond donors (Lipinski definition) is 0. The maximum Gasteiger partial charge on any atom is 0.416 e. The van der Waals surface area contributed by atoms with Crippen LogP contribution in [0.5, 0.6) is 5.75 Å². The third-order valence-corrected chi connectivity index (χ3v) is 7.15. The third-order valence-electron chi connectivity index (χ3n) is 7.15. The fraction of sp³-hybridized carbons (Fsp3) is 0.156. The van der Waals surface area contributed by atoms with Crippen LogP contribution in [-0.4, -0.2) is 30.9 Å². The lowest BCUT2D eigenvalue weighted by molar-refractivity contribution is -0.387. The smallest absolute Gasteiger partial charge is 0.416 e. The SMILES string of the molecule is COc1ccc(Cn2c(/C=C/c3cnn(Cc4ccccc4C(F)(F)F)c3)c([N+](=O)[O-])c(=O)n(Cc3ccccc3F)c2=O)cc1. The number of nitro groups is 1. The summed E-state index contributed by atoms with van der Waals surface area (Å²) >= 11 is 0. The average molecular weight is 636 g/mol. The molecule has 236 valence electrons. The molecule has 0 amide bonds. The Hall–Kier alpha value is -5.79. The molecule has 0 fully saturated rings. The first-order valence-electron chi connectivity index (χ1n) is 13.7. The second-order valence-corrected chi connectivity index (χ2v) is 10.1. The predicted molar refractivity (Wildman–Crippen MR) is 161 cm³/mol. The molecule has 0 saturated heterocycles. The van der Waals surface area contributed by atoms with Gasteiger partial charge in [0.15, 0.2) is 0 Å². The first-order chi connectivity index (χ1) is 22.0. The summed E-state index contributed by atoms with van der Waals surface area (Å²) in [6, 6.07) is 17.0. The number of hydrogen-bond acceptors (Lipinski definition) is 6. The maximum absolute atomic E-state index is 14.5. The molecule has 10 nitrogen and oxygen atoms in total. The molecular weight excluding hydrogens is 610 g/mol. The van der Waals surface area contributed by atoms with E-state index in [0.717, 1.165) is 16.7 Å². The van der Waals surface area contributed by atoms with Crippen LogP contribution >= 0.6 is 0 Å². The van der Waals surface area contributed by atoms with Gasteiger partial charge in [0.1, 0.15) is 17.3 Å². The largest absolute Gasteiger partial charge is 0.497 e. The summed E-state index contributed by atoms with van der Waals surface area (Å²) in [6.07, 6.45) is 0.727. The molecule has 0 spiro atoms. The Bertz CT molecular complexity index is 2050. The Morgan fingerprint density at radius 3 is 2.22 bits per heavy atom. The molecule has 0 aliphatic carbocycles. The minimum Gasteiger partial charge on any atom is -0.497 e. The summed E-state index contributed by atoms with van der Waals surface area (Å²) in [5.41, 5.74) is -3.39. The highest BCUT2D eigenvalue weighted by Crippen LogP contribution is 2.32. The standard InChI is InChI=1S/C32H25F4N5O5/c1-46-25-13-10-21(11-14-25)18-39-28(29(41(44)45)30(42)40(31(39)43)20-24-7-3-5-9-27(24)33)15-12-22-16-37-38(17-22)19-23-6-2-4-8-26(23)32(34,35)36/h2-17H,18-20H2,1H3/b15-12+. The third kappa shape index (κ3) is 6.80. The normalized spacial score (nSPS) is 11.7. The van der Waals surface area contributed by atoms with Crippen LogP contribution in [0.2, 0.25) is 0 Å². The van der Waals surface area contributed by atoms with E-state index >= 15 is 0 Å². The number of ether oxygens (including phenoxy) is 1. The van der Waals surface area contributed by atoms with Crippen molar-refractivity contribution < 1.29 is 27.2 Å². The highest BCUT2D eigenvalue weighted by Gasteiger charge is 2.33. The monoisotopic (exact) mass is 635 g/mol. The highest BCUT2D eigenvalue weighted by molar-refractivity contribution is 5.71. The maximum atomic E-state index is 14.5. The van der Waals surface area contributed by atoms with Gasteiger partial charge in [-0.1, -0.05) is 48.5 Å². The second-order valence-electron chi connectivity index (χ2n) is 10.1. The minimum atomic E-state index is -4.56. The molecule has 0 N–H and O–H groups in total. The minimum absolute atomic E-state index is 0.0175. The summed E-state index contributed by atoms with van der Waals surface area (Å²) in [7, 11) is 1.47. The molecule has 0 aliphatic heterocycles. The second kappa shape index (κ2) is 13.1. The average Bonchev–Trinajstić information content (AvgIpc) is 3.47. The zero-order valence-electron chi connectivity index (χ0n) is 24.1. The Balaban J connectivity index is 1.58. The van der Waals surface area contributed by atoms with Gasteiger partial charge in [-0.05, 0) is 47.5 Å². The van der Waals surface area contributed by atoms with E-state index in [2.05, 4.69) is 5.10 Å². The Morgan fingerprint density at radius 1 is 0.891 bits per heavy atom. The van der Waals surface area contributed by atoms with E-state index in [-0.39, 0.29) is 29.9 Å². The first kappa shape index (κ1) is 31.6. The lowest BCUT2D eigenvalue weighted by Crippen LogP contribution is -2.42. The van der Waals surface area contributed by atoms with Crippen molar-refractivity contribution in [1.82, 2.24) is 18.9 Å². The van der Waals surface area contributed by atoms with Gasteiger partial charge in [0.25, 0.3) is 0 Å². The number of alkyl halides is 3. The molecule has 0 atom stereocenters. The number of benzene rings is 3. The van der Waals surface area contributed by atoms with Gasteiger partial charge in [-0.2, -0.15) is 18.3 Å². The Labute approximate surface area is 258 Å². The van der Waals surface area contributed by atoms with Crippen LogP contribution in [0.15, 0.2) is 94.8 Å². The van der Waals surface area contributed by atoms with Crippen LogP contribution in [0, 0.1) is 15.9 Å². The van der Waals surface area contributed by atoms with Crippen molar-refractivity contribution in [3.8, 4) is 5.75 Å². The van der Waals surface area contributed by atoms with Crippen molar-refractivity contribution >= 4 is 17.8 Å². The zero-order valence-corrected chi connectivity index (χ0v) is 24.1. The van der Waals surface area contributed by atoms with Crippen molar-refractivity contribution in [2.75, 3.05) is 7.11 Å². The zero-order chi connectivity index (χ0) is 33.0. The van der Waals surface area contributed by atoms with Gasteiger partial charge in [0.2, 0.25) is 0 Å². The van der Waals surface area contributed by atoms with Crippen LogP contribution in [0.1, 0.15) is 33.5 Å². The molecule has 0 aliphatic rings. The van der Waals surface area contributed by atoms with Crippen LogP contribution in [-0.2, 0) is 25.8 Å². The van der Waals surface area contributed by atoms with Crippen molar-refractivity contribution in [1.29, 1.82) is 0 Å². The van der Waals surface area contributed by atoms with Gasteiger partial charge >= 0.3 is 23.1 Å². The summed E-state index contributed by atoms with van der Waals surface area (Å²) in [5.74, 6) is -0.168. The molecular formula is C32H25F4N5O5. The molecule has 5 aromatic rings. The molecule has 46 heavy (non-hydrogen) atoms. The molecule has 3 aromatic carbocycles. The molecule has 2 aromatic heterocycles. The van der Waals surface area contributed by atoms with Gasteiger partial charge < -0.3 is 4.74 Å². The van der Waals surface area contributed by atoms with E-state index < -0.39 is 46.0 Å². The van der Waals surface area contributed by atoms with Crippen molar-refractivity contribution in [2.24, 2.45) is 0 Å². The van der Waals surface area contributed by atoms with Gasteiger partial charge in [0.05, 0.1) is 43.4 Å². The van der Waals surface area contributed by atoms with E-state index in [1.807, 2.05) is 0 Å². The van der Waals surface area contributed by atoms with E-state index in [4.69, 9.17) is 4.74 Å². The highest BCUT2D eigenvalue weighted by atomic mass is 19.4. The fourth-order valence-electron chi connectivity index (χ4n) is 4.88. The van der Waals surface area contributed by atoms with Crippen LogP contribution in [0.3, 0.4) is 0 Å². The summed E-state index contributed by atoms with van der Waals surface area (Å²) in [6.45, 7) is -0.962. The Kier molecular flexibility index (Phi) is 8.98. The molecule has 0 radical (unpaired) electrons. The molecule has 0 saturated carbocycles. The molecule has 0 bridgehead atoms. The lowest BCUT2D eigenvalue weighted by Gasteiger charge is -2.15. The number of methoxy groups -OCH3 is 1. The number of halogens is 4. The molecule has 5 rings (SSSR count). The van der Waals surface area contributed by atoms with Crippen LogP contribution < -0.4 is 16.0 Å². The molecule has 14 heteroatoms. The van der Waals surface area contributed by atoms with Gasteiger partial charge in [-0.3, -0.25) is 24.2 Å². The Morgan fingerprint density at radius 2 is 1.57 bits per heavy atom. The first-order valence-corrected chi connectivity index (χ1v) is 13.7. The van der Waals surface area contributed by atoms with Crippen LogP contribution in [0.4, 0.5) is 23.2 Å². The number of nitrogens with zero attached hydrogens (tertiary/aromatic N) is 5. The van der Waals surface area contributed by atoms with E-state index in [9.17, 15) is 37.3 Å². The summed E-state index contributed by atoms with van der Waals surface area (Å²) in [4.78, 5) is 38.6. The summed E-state index contributed by atoms with van der Waals surface area (Å²) in [5, 5.41) is 16.4. The van der Waals surface area contributed by atoms with Crippen molar-refractivity contribution in [2.45, 2.75) is 25.8 Å². The molecule has 0 unspecified atom stereocenters. The number of rotatable bonds is 10. The van der Waals surface area contributed by atoms with Crippen LogP contribution in [0.25, 0.3) is 12.2 Å². The lowest BCUT2D eigenvalue weighted by atomic mass is 10.1. The number of aromatic nitrogens is 4. The van der Waals surface area contributed by atoms with Crippen molar-refractivity contribution in [3.05, 3.63) is 155 Å². The van der Waals surface area contributed by atoms with E-state index in [1.165, 1.54) is 72.7 Å². The summed E-state index contributed by atoms with van der Waals surface area (Å²) < 4.78 is 62.9. The van der Waals surface area contributed by atoms with E-state index in [0.29, 0.717) is 21.4 Å². The topological polar surface area (TPSA) is 114 Å². The van der Waals surface area contributed by atoms with Gasteiger partial charge in [-0.25, -0.2) is 13.8 Å². The quantitative estimate of drug-likeness (QED) is 0.112. The van der Waals surface area contributed by atoms with Gasteiger partial charge in [0, 0.05) is 17.3 Å². The molecule has 2 heterocycles. The van der Waals surface area contributed by atoms with E-state index in [1.54, 1.807) is 24.3 Å². The fourth-order valence-corrected chi connectivity index (χ4v) is 4.88. The predicted octanol–water partition coefficient (Wildman–Crippen LogP) is 5.60. The van der Waals surface area contributed by atoms with Crippen molar-refractivity contribution in [3.63, 3.8) is 0 Å². The van der Waals surface area contributed by atoms with Gasteiger partial charge in [-0.15, -0.1) is 0 Å².